The van der Waals surface area contributed by atoms with Gasteiger partial charge in [0, 0.05) is 24.2 Å². The molecule has 33 heavy (non-hydrogen) atoms. The van der Waals surface area contributed by atoms with Gasteiger partial charge in [0.15, 0.2) is 0 Å². The number of thioether (sulfide) groups is 1. The van der Waals surface area contributed by atoms with E-state index in [1.807, 2.05) is 50.2 Å². The Labute approximate surface area is 199 Å². The van der Waals surface area contributed by atoms with Gasteiger partial charge in [-0.25, -0.2) is 13.4 Å². The van der Waals surface area contributed by atoms with E-state index in [4.69, 9.17) is 0 Å². The van der Waals surface area contributed by atoms with Crippen LogP contribution in [0.15, 0.2) is 64.5 Å². The van der Waals surface area contributed by atoms with Crippen molar-refractivity contribution in [2.45, 2.75) is 48.8 Å². The van der Waals surface area contributed by atoms with E-state index < -0.39 is 10.0 Å². The number of nitrogens with zero attached hydrogens (tertiary/aromatic N) is 2. The van der Waals surface area contributed by atoms with Gasteiger partial charge in [-0.2, -0.15) is 4.31 Å². The number of pyridine rings is 1. The molecule has 0 radical (unpaired) electrons. The van der Waals surface area contributed by atoms with Gasteiger partial charge in [-0.15, -0.1) is 0 Å². The van der Waals surface area contributed by atoms with Crippen molar-refractivity contribution in [2.75, 3.05) is 18.4 Å². The van der Waals surface area contributed by atoms with Crippen LogP contribution in [0.2, 0.25) is 0 Å². The molecule has 2 aromatic carbocycles. The number of para-hydroxylation sites is 1. The maximum Gasteiger partial charge on any atom is 0.243 e. The number of nitrogens with one attached hydrogen (secondary N) is 1. The smallest absolute Gasteiger partial charge is 0.243 e. The number of sulfonamides is 1. The molecule has 1 N–H and O–H groups in total. The summed E-state index contributed by atoms with van der Waals surface area (Å²) >= 11 is 1.38. The third-order valence-corrected chi connectivity index (χ3v) is 8.96. The van der Waals surface area contributed by atoms with Crippen LogP contribution in [0, 0.1) is 12.8 Å². The lowest BCUT2D eigenvalue weighted by atomic mass is 10.0. The Balaban J connectivity index is 1.52. The highest BCUT2D eigenvalue weighted by Gasteiger charge is 2.28. The van der Waals surface area contributed by atoms with Crippen molar-refractivity contribution in [3.05, 3.63) is 60.2 Å². The van der Waals surface area contributed by atoms with Crippen molar-refractivity contribution in [3.8, 4) is 0 Å². The molecule has 1 amide bonds. The van der Waals surface area contributed by atoms with Crippen LogP contribution in [0.3, 0.4) is 0 Å². The van der Waals surface area contributed by atoms with E-state index in [1.165, 1.54) is 11.8 Å². The number of amides is 1. The minimum absolute atomic E-state index is 0.0944. The molecule has 1 aliphatic heterocycles. The average molecular weight is 484 g/mol. The second-order valence-corrected chi connectivity index (χ2v) is 12.0. The van der Waals surface area contributed by atoms with Crippen LogP contribution < -0.4 is 5.32 Å². The highest BCUT2D eigenvalue weighted by molar-refractivity contribution is 8.00. The summed E-state index contributed by atoms with van der Waals surface area (Å²) < 4.78 is 27.9. The van der Waals surface area contributed by atoms with Crippen LogP contribution in [0.1, 0.15) is 32.3 Å². The second-order valence-electron chi connectivity index (χ2n) is 8.66. The molecule has 6 nitrogen and oxygen atoms in total. The number of anilines is 1. The summed E-state index contributed by atoms with van der Waals surface area (Å²) in [6.45, 7) is 7.09. The molecule has 0 saturated carbocycles. The number of hydrogen-bond acceptors (Lipinski definition) is 5. The molecule has 2 heterocycles. The predicted molar refractivity (Wildman–Crippen MR) is 134 cm³/mol. The van der Waals surface area contributed by atoms with E-state index >= 15 is 0 Å². The van der Waals surface area contributed by atoms with Crippen molar-refractivity contribution in [1.29, 1.82) is 0 Å². The molecule has 1 aromatic heterocycles. The minimum atomic E-state index is -3.52. The molecule has 8 heteroatoms. The van der Waals surface area contributed by atoms with Crippen molar-refractivity contribution in [2.24, 2.45) is 5.92 Å². The normalized spacial score (nSPS) is 16.6. The van der Waals surface area contributed by atoms with Crippen LogP contribution in [0.4, 0.5) is 5.69 Å². The van der Waals surface area contributed by atoms with E-state index in [-0.39, 0.29) is 11.2 Å². The van der Waals surface area contributed by atoms with E-state index in [9.17, 15) is 13.2 Å². The summed E-state index contributed by atoms with van der Waals surface area (Å²) in [6, 6.07) is 16.4. The summed E-state index contributed by atoms with van der Waals surface area (Å²) in [6.07, 6.45) is 1.79. The lowest BCUT2D eigenvalue weighted by Crippen LogP contribution is -2.37. The van der Waals surface area contributed by atoms with Gasteiger partial charge < -0.3 is 5.32 Å². The van der Waals surface area contributed by atoms with Crippen LogP contribution in [-0.4, -0.2) is 42.0 Å². The van der Waals surface area contributed by atoms with Gasteiger partial charge in [0.2, 0.25) is 15.9 Å². The van der Waals surface area contributed by atoms with Gasteiger partial charge in [-0.1, -0.05) is 36.9 Å². The topological polar surface area (TPSA) is 79.4 Å². The number of aryl methyl sites for hydroxylation is 1. The molecular weight excluding hydrogens is 454 g/mol. The summed E-state index contributed by atoms with van der Waals surface area (Å²) in [4.78, 5) is 17.6. The monoisotopic (exact) mass is 483 g/mol. The Morgan fingerprint density at radius 2 is 1.82 bits per heavy atom. The SMILES string of the molecule is Cc1cc(SC(C)C(=O)Nc2ccccc2)nc2ccc(S(=O)(=O)N3CCC(C)CC3)cc12. The standard InChI is InChI=1S/C25H29N3O3S2/c1-17-11-13-28(14-12-17)33(30,31)21-9-10-23-22(16-21)18(2)15-24(27-23)32-19(3)25(29)26-20-7-5-4-6-8-20/h4-10,15-17,19H,11-14H2,1-3H3,(H,26,29). The molecule has 4 rings (SSSR count). The Kier molecular flexibility index (Phi) is 7.07. The number of carbonyl (C=O) groups is 1. The Hall–Kier alpha value is -2.42. The molecule has 1 atom stereocenters. The number of hydrogen-bond donors (Lipinski definition) is 1. The van der Waals surface area contributed by atoms with Gasteiger partial charge in [0.1, 0.15) is 0 Å². The first-order chi connectivity index (χ1) is 15.7. The van der Waals surface area contributed by atoms with Crippen LogP contribution in [0.25, 0.3) is 10.9 Å². The summed E-state index contributed by atoms with van der Waals surface area (Å²) in [7, 11) is -3.52. The molecule has 1 aliphatic rings. The van der Waals surface area contributed by atoms with E-state index in [0.717, 1.165) is 40.0 Å². The third-order valence-electron chi connectivity index (χ3n) is 6.05. The predicted octanol–water partition coefficient (Wildman–Crippen LogP) is 5.08. The minimum Gasteiger partial charge on any atom is -0.325 e. The number of benzene rings is 2. The first-order valence-electron chi connectivity index (χ1n) is 11.2. The number of carbonyl (C=O) groups excluding carboxylic acids is 1. The molecule has 0 aliphatic carbocycles. The lowest BCUT2D eigenvalue weighted by Gasteiger charge is -2.29. The van der Waals surface area contributed by atoms with Gasteiger partial charge in [0.05, 0.1) is 20.7 Å². The lowest BCUT2D eigenvalue weighted by molar-refractivity contribution is -0.115. The fraction of sp³-hybridized carbons (Fsp3) is 0.360. The third kappa shape index (κ3) is 5.39. The molecule has 1 unspecified atom stereocenters. The van der Waals surface area contributed by atoms with Crippen LogP contribution >= 0.6 is 11.8 Å². The average Bonchev–Trinajstić information content (AvgIpc) is 2.79. The Morgan fingerprint density at radius 3 is 2.52 bits per heavy atom. The van der Waals surface area contributed by atoms with E-state index in [0.29, 0.717) is 23.9 Å². The maximum atomic E-state index is 13.1. The van der Waals surface area contributed by atoms with Crippen LogP contribution in [-0.2, 0) is 14.8 Å². The van der Waals surface area contributed by atoms with E-state index in [2.05, 4.69) is 17.2 Å². The fourth-order valence-corrected chi connectivity index (χ4v) is 6.36. The molecule has 1 saturated heterocycles. The number of rotatable bonds is 6. The highest BCUT2D eigenvalue weighted by atomic mass is 32.2. The fourth-order valence-electron chi connectivity index (χ4n) is 3.94. The number of piperidine rings is 1. The van der Waals surface area contributed by atoms with Gasteiger partial charge >= 0.3 is 0 Å². The number of fused-ring (bicyclic) bond motifs is 1. The Bertz CT molecular complexity index is 1250. The molecule has 3 aromatic rings. The van der Waals surface area contributed by atoms with Gasteiger partial charge in [0.25, 0.3) is 0 Å². The Morgan fingerprint density at radius 1 is 1.12 bits per heavy atom. The summed E-state index contributed by atoms with van der Waals surface area (Å²) in [5, 5.41) is 4.12. The van der Waals surface area contributed by atoms with Crippen molar-refractivity contribution in [1.82, 2.24) is 9.29 Å². The summed E-state index contributed by atoms with van der Waals surface area (Å²) in [5.74, 6) is 0.468. The quantitative estimate of drug-likeness (QED) is 0.495. The highest BCUT2D eigenvalue weighted by Crippen LogP contribution is 2.30. The molecule has 174 valence electrons. The molecule has 1 fully saturated rings. The molecule has 0 bridgehead atoms. The first-order valence-corrected chi connectivity index (χ1v) is 13.5. The molecular formula is C25H29N3O3S2. The van der Waals surface area contributed by atoms with Crippen molar-refractivity contribution in [3.63, 3.8) is 0 Å². The first kappa shape index (κ1) is 23.7. The number of aromatic nitrogens is 1. The maximum absolute atomic E-state index is 13.1. The second kappa shape index (κ2) is 9.83. The van der Waals surface area contributed by atoms with E-state index in [1.54, 1.807) is 22.5 Å². The van der Waals surface area contributed by atoms with Crippen LogP contribution in [0.5, 0.6) is 0 Å². The molecule has 0 spiro atoms. The summed E-state index contributed by atoms with van der Waals surface area (Å²) in [5.41, 5.74) is 2.41. The van der Waals surface area contributed by atoms with Crippen molar-refractivity contribution >= 4 is 44.3 Å². The van der Waals surface area contributed by atoms with Gasteiger partial charge in [-0.05, 0) is 74.6 Å². The zero-order valence-corrected chi connectivity index (χ0v) is 20.7. The van der Waals surface area contributed by atoms with Crippen molar-refractivity contribution < 1.29 is 13.2 Å². The zero-order valence-electron chi connectivity index (χ0n) is 19.1. The largest absolute Gasteiger partial charge is 0.325 e. The van der Waals surface area contributed by atoms with Gasteiger partial charge in [-0.3, -0.25) is 4.79 Å². The zero-order chi connectivity index (χ0) is 23.6.